The molecule has 0 unspecified atom stereocenters. The van der Waals surface area contributed by atoms with E-state index in [0.29, 0.717) is 24.1 Å². The minimum Gasteiger partial charge on any atom is -0.357 e. The van der Waals surface area contributed by atoms with Gasteiger partial charge in [0.15, 0.2) is 11.7 Å². The van der Waals surface area contributed by atoms with Crippen molar-refractivity contribution in [3.05, 3.63) is 31.7 Å². The second kappa shape index (κ2) is 7.93. The summed E-state index contributed by atoms with van der Waals surface area (Å²) in [4.78, 5) is 13.5. The lowest BCUT2D eigenvalue weighted by atomic mass is 10.4. The Morgan fingerprint density at radius 1 is 1.25 bits per heavy atom. The number of aromatic nitrogens is 2. The van der Waals surface area contributed by atoms with E-state index >= 15 is 0 Å². The number of hydrogen-bond acceptors (Lipinski definition) is 5. The molecule has 0 amide bonds. The predicted octanol–water partition coefficient (Wildman–Crippen LogP) is 3.49. The van der Waals surface area contributed by atoms with E-state index in [9.17, 15) is 13.2 Å². The molecule has 0 aromatic carbocycles. The topological polar surface area (TPSA) is 62.2 Å². The minimum atomic E-state index is -4.41. The Balaban J connectivity index is 1.99. The number of guanidine groups is 1. The average molecular weight is 377 g/mol. The van der Waals surface area contributed by atoms with Crippen LogP contribution in [0.3, 0.4) is 0 Å². The van der Waals surface area contributed by atoms with Gasteiger partial charge in [-0.25, -0.2) is 15.0 Å². The Bertz CT molecular complexity index is 706. The van der Waals surface area contributed by atoms with E-state index in [2.05, 4.69) is 25.6 Å². The molecule has 0 atom stereocenters. The van der Waals surface area contributed by atoms with Crippen molar-refractivity contribution in [3.8, 4) is 0 Å². The van der Waals surface area contributed by atoms with E-state index in [1.54, 1.807) is 11.3 Å². The van der Waals surface area contributed by atoms with Crippen molar-refractivity contribution < 1.29 is 13.2 Å². The van der Waals surface area contributed by atoms with Gasteiger partial charge in [-0.15, -0.1) is 22.7 Å². The van der Waals surface area contributed by atoms with Gasteiger partial charge in [0.05, 0.1) is 23.8 Å². The fourth-order valence-corrected chi connectivity index (χ4v) is 3.50. The number of aryl methyl sites for hydroxylation is 2. The quantitative estimate of drug-likeness (QED) is 0.619. The second-order valence-corrected chi connectivity index (χ2v) is 7.14. The Kier molecular flexibility index (Phi) is 6.16. The van der Waals surface area contributed by atoms with E-state index in [0.717, 1.165) is 32.3 Å². The van der Waals surface area contributed by atoms with Crippen LogP contribution in [0.2, 0.25) is 0 Å². The normalized spacial score (nSPS) is 12.5. The van der Waals surface area contributed by atoms with Gasteiger partial charge in [-0.2, -0.15) is 13.2 Å². The number of hydrogen-bond donors (Lipinski definition) is 2. The van der Waals surface area contributed by atoms with Crippen molar-refractivity contribution in [2.75, 3.05) is 6.54 Å². The molecule has 0 aliphatic carbocycles. The van der Waals surface area contributed by atoms with Crippen LogP contribution in [-0.4, -0.2) is 22.5 Å². The van der Waals surface area contributed by atoms with Crippen molar-refractivity contribution in [1.82, 2.24) is 20.6 Å². The fourth-order valence-electron chi connectivity index (χ4n) is 1.89. The highest BCUT2D eigenvalue weighted by Crippen LogP contribution is 2.29. The largest absolute Gasteiger partial charge is 0.434 e. The van der Waals surface area contributed by atoms with Crippen LogP contribution >= 0.6 is 22.7 Å². The Morgan fingerprint density at radius 2 is 2.00 bits per heavy atom. The summed E-state index contributed by atoms with van der Waals surface area (Å²) in [5, 5.41) is 8.43. The molecule has 0 saturated carbocycles. The van der Waals surface area contributed by atoms with Crippen LogP contribution in [0.25, 0.3) is 0 Å². The smallest absolute Gasteiger partial charge is 0.357 e. The fraction of sp³-hybridized carbons (Fsp3) is 0.500. The first kappa shape index (κ1) is 18.7. The maximum absolute atomic E-state index is 12.6. The zero-order chi connectivity index (χ0) is 17.7. The first-order valence-corrected chi connectivity index (χ1v) is 8.96. The van der Waals surface area contributed by atoms with Crippen LogP contribution in [0.4, 0.5) is 13.2 Å². The summed E-state index contributed by atoms with van der Waals surface area (Å²) < 4.78 is 37.7. The molecular weight excluding hydrogens is 359 g/mol. The van der Waals surface area contributed by atoms with Crippen molar-refractivity contribution in [3.63, 3.8) is 0 Å². The third-order valence-corrected chi connectivity index (χ3v) is 4.88. The number of thiazole rings is 2. The molecule has 0 aliphatic rings. The number of nitrogens with one attached hydrogen (secondary N) is 2. The lowest BCUT2D eigenvalue weighted by molar-refractivity contribution is -0.140. The summed E-state index contributed by atoms with van der Waals surface area (Å²) >= 11 is 2.56. The zero-order valence-electron chi connectivity index (χ0n) is 13.5. The summed E-state index contributed by atoms with van der Waals surface area (Å²) in [6.07, 6.45) is -4.41. The first-order chi connectivity index (χ1) is 11.3. The van der Waals surface area contributed by atoms with Crippen LogP contribution in [0.15, 0.2) is 10.4 Å². The molecule has 132 valence electrons. The third kappa shape index (κ3) is 5.17. The van der Waals surface area contributed by atoms with Gasteiger partial charge in [0, 0.05) is 16.8 Å². The maximum atomic E-state index is 12.6. The minimum absolute atomic E-state index is 0.188. The average Bonchev–Trinajstić information content (AvgIpc) is 3.08. The number of alkyl halides is 3. The van der Waals surface area contributed by atoms with Crippen molar-refractivity contribution >= 4 is 28.6 Å². The third-order valence-electron chi connectivity index (χ3n) is 2.97. The molecule has 2 heterocycles. The Labute approximate surface area is 146 Å². The summed E-state index contributed by atoms with van der Waals surface area (Å²) in [7, 11) is 0. The molecule has 2 aromatic heterocycles. The van der Waals surface area contributed by atoms with Gasteiger partial charge in [0.25, 0.3) is 0 Å². The summed E-state index contributed by atoms with van der Waals surface area (Å²) in [6, 6.07) is 0. The van der Waals surface area contributed by atoms with Gasteiger partial charge < -0.3 is 10.6 Å². The van der Waals surface area contributed by atoms with Crippen LogP contribution < -0.4 is 10.6 Å². The number of rotatable bonds is 5. The molecule has 0 bridgehead atoms. The molecule has 5 nitrogen and oxygen atoms in total. The number of halogens is 3. The molecule has 0 aliphatic heterocycles. The van der Waals surface area contributed by atoms with Crippen LogP contribution in [0.1, 0.15) is 33.2 Å². The van der Waals surface area contributed by atoms with Crippen molar-refractivity contribution in [2.24, 2.45) is 4.99 Å². The Hall–Kier alpha value is -1.68. The van der Waals surface area contributed by atoms with Crippen LogP contribution in [0, 0.1) is 13.8 Å². The number of nitrogens with zero attached hydrogens (tertiary/aromatic N) is 3. The molecule has 0 radical (unpaired) electrons. The van der Waals surface area contributed by atoms with E-state index in [4.69, 9.17) is 0 Å². The zero-order valence-corrected chi connectivity index (χ0v) is 15.1. The second-order valence-electron chi connectivity index (χ2n) is 4.91. The number of aliphatic imine (C=N–C) groups is 1. The molecule has 0 fully saturated rings. The van der Waals surface area contributed by atoms with E-state index in [1.165, 1.54) is 0 Å². The molecule has 0 spiro atoms. The molecule has 2 rings (SSSR count). The summed E-state index contributed by atoms with van der Waals surface area (Å²) in [5.74, 6) is 0.534. The van der Waals surface area contributed by atoms with Gasteiger partial charge in [-0.1, -0.05) is 0 Å². The highest BCUT2D eigenvalue weighted by Gasteiger charge is 2.33. The maximum Gasteiger partial charge on any atom is 0.434 e. The summed E-state index contributed by atoms with van der Waals surface area (Å²) in [6.45, 7) is 7.10. The van der Waals surface area contributed by atoms with E-state index in [1.807, 2.05) is 20.8 Å². The standard InChI is InChI=1S/C14H18F3N5S2/c1-4-18-13(19-5-10-8(2)21-9(3)24-10)20-6-12-22-11(7-23-12)14(15,16)17/h7H,4-6H2,1-3H3,(H2,18,19,20). The van der Waals surface area contributed by atoms with Gasteiger partial charge in [0.2, 0.25) is 0 Å². The van der Waals surface area contributed by atoms with E-state index < -0.39 is 11.9 Å². The highest BCUT2D eigenvalue weighted by atomic mass is 32.1. The van der Waals surface area contributed by atoms with Crippen LogP contribution in [-0.2, 0) is 19.3 Å². The highest BCUT2D eigenvalue weighted by molar-refractivity contribution is 7.11. The molecular formula is C14H18F3N5S2. The monoisotopic (exact) mass is 377 g/mol. The van der Waals surface area contributed by atoms with Crippen molar-refractivity contribution in [1.29, 1.82) is 0 Å². The molecule has 10 heteroatoms. The lowest BCUT2D eigenvalue weighted by Gasteiger charge is -2.09. The van der Waals surface area contributed by atoms with E-state index in [-0.39, 0.29) is 6.54 Å². The lowest BCUT2D eigenvalue weighted by Crippen LogP contribution is -2.36. The Morgan fingerprint density at radius 3 is 2.54 bits per heavy atom. The molecule has 2 aromatic rings. The van der Waals surface area contributed by atoms with Gasteiger partial charge in [-0.05, 0) is 20.8 Å². The van der Waals surface area contributed by atoms with Gasteiger partial charge in [-0.3, -0.25) is 0 Å². The van der Waals surface area contributed by atoms with Crippen molar-refractivity contribution in [2.45, 2.75) is 40.0 Å². The SMILES string of the molecule is CCNC(=NCc1sc(C)nc1C)NCc1nc(C(F)(F)F)cs1. The van der Waals surface area contributed by atoms with Gasteiger partial charge >= 0.3 is 6.18 Å². The van der Waals surface area contributed by atoms with Crippen LogP contribution in [0.5, 0.6) is 0 Å². The predicted molar refractivity (Wildman–Crippen MR) is 90.4 cm³/mol. The molecule has 24 heavy (non-hydrogen) atoms. The van der Waals surface area contributed by atoms with Gasteiger partial charge in [0.1, 0.15) is 5.01 Å². The summed E-state index contributed by atoms with van der Waals surface area (Å²) in [5.41, 5.74) is 0.0915. The molecule has 0 saturated heterocycles. The first-order valence-electron chi connectivity index (χ1n) is 7.26. The molecule has 2 N–H and O–H groups in total.